The molecular weight excluding hydrogens is 257 g/mol. The summed E-state index contributed by atoms with van der Waals surface area (Å²) in [5, 5.41) is 5.96. The standard InChI is InChI=1S/C15H22FN3O/c1-11-4-5-13(12(16)10-11)18-14(20)15(2,3)19-8-6-17-7-9-19/h4-5,10,17H,6-9H2,1-3H3,(H,18,20). The molecule has 1 fully saturated rings. The SMILES string of the molecule is Cc1ccc(NC(=O)C(C)(C)N2CCNCC2)c(F)c1. The van der Waals surface area contributed by atoms with Gasteiger partial charge < -0.3 is 10.6 Å². The van der Waals surface area contributed by atoms with E-state index in [0.717, 1.165) is 31.7 Å². The maximum absolute atomic E-state index is 13.8. The Bertz CT molecular complexity index is 496. The Labute approximate surface area is 119 Å². The lowest BCUT2D eigenvalue weighted by atomic mass is 10.00. The normalized spacial score (nSPS) is 17.0. The van der Waals surface area contributed by atoms with E-state index in [1.165, 1.54) is 6.07 Å². The van der Waals surface area contributed by atoms with Crippen LogP contribution in [0, 0.1) is 12.7 Å². The van der Waals surface area contributed by atoms with E-state index in [9.17, 15) is 9.18 Å². The third-order valence-corrected chi connectivity index (χ3v) is 3.84. The molecule has 1 saturated heterocycles. The summed E-state index contributed by atoms with van der Waals surface area (Å²) in [7, 11) is 0. The molecular formula is C15H22FN3O. The summed E-state index contributed by atoms with van der Waals surface area (Å²) in [6.45, 7) is 8.94. The second kappa shape index (κ2) is 5.89. The fraction of sp³-hybridized carbons (Fsp3) is 0.533. The van der Waals surface area contributed by atoms with Crippen molar-refractivity contribution in [2.75, 3.05) is 31.5 Å². The van der Waals surface area contributed by atoms with Gasteiger partial charge in [-0.15, -0.1) is 0 Å². The average Bonchev–Trinajstić information content (AvgIpc) is 2.42. The van der Waals surface area contributed by atoms with Crippen LogP contribution in [-0.4, -0.2) is 42.5 Å². The van der Waals surface area contributed by atoms with Gasteiger partial charge >= 0.3 is 0 Å². The molecule has 1 amide bonds. The zero-order valence-corrected chi connectivity index (χ0v) is 12.3. The quantitative estimate of drug-likeness (QED) is 0.886. The second-order valence-electron chi connectivity index (χ2n) is 5.73. The molecule has 0 radical (unpaired) electrons. The van der Waals surface area contributed by atoms with E-state index in [1.807, 2.05) is 20.8 Å². The number of hydrogen-bond acceptors (Lipinski definition) is 3. The fourth-order valence-corrected chi connectivity index (χ4v) is 2.36. The number of halogens is 1. The van der Waals surface area contributed by atoms with Gasteiger partial charge in [0.2, 0.25) is 5.91 Å². The molecule has 20 heavy (non-hydrogen) atoms. The molecule has 1 aliphatic rings. The lowest BCUT2D eigenvalue weighted by Gasteiger charge is -2.39. The van der Waals surface area contributed by atoms with Crippen LogP contribution in [0.1, 0.15) is 19.4 Å². The highest BCUT2D eigenvalue weighted by Gasteiger charge is 2.35. The van der Waals surface area contributed by atoms with Crippen LogP contribution in [0.2, 0.25) is 0 Å². The minimum atomic E-state index is -0.653. The van der Waals surface area contributed by atoms with Gasteiger partial charge in [0.15, 0.2) is 0 Å². The highest BCUT2D eigenvalue weighted by atomic mass is 19.1. The zero-order valence-electron chi connectivity index (χ0n) is 12.3. The van der Waals surface area contributed by atoms with Gasteiger partial charge in [-0.2, -0.15) is 0 Å². The highest BCUT2D eigenvalue weighted by Crippen LogP contribution is 2.20. The molecule has 0 spiro atoms. The van der Waals surface area contributed by atoms with E-state index in [2.05, 4.69) is 15.5 Å². The number of amides is 1. The van der Waals surface area contributed by atoms with Gasteiger partial charge in [0.25, 0.3) is 0 Å². The van der Waals surface area contributed by atoms with Gasteiger partial charge in [-0.3, -0.25) is 9.69 Å². The maximum atomic E-state index is 13.8. The number of aryl methyl sites for hydroxylation is 1. The van der Waals surface area contributed by atoms with E-state index >= 15 is 0 Å². The van der Waals surface area contributed by atoms with Crippen LogP contribution in [0.3, 0.4) is 0 Å². The Morgan fingerprint density at radius 1 is 1.35 bits per heavy atom. The van der Waals surface area contributed by atoms with Gasteiger partial charge in [0.1, 0.15) is 5.82 Å². The number of piperazine rings is 1. The summed E-state index contributed by atoms with van der Waals surface area (Å²) in [6, 6.07) is 4.82. The van der Waals surface area contributed by atoms with Crippen LogP contribution >= 0.6 is 0 Å². The van der Waals surface area contributed by atoms with Crippen LogP contribution in [0.25, 0.3) is 0 Å². The third-order valence-electron chi connectivity index (χ3n) is 3.84. The molecule has 4 nitrogen and oxygen atoms in total. The predicted octanol–water partition coefficient (Wildman–Crippen LogP) is 1.76. The number of carbonyl (C=O) groups is 1. The molecule has 1 aliphatic heterocycles. The molecule has 110 valence electrons. The Morgan fingerprint density at radius 3 is 2.60 bits per heavy atom. The minimum Gasteiger partial charge on any atom is -0.322 e. The summed E-state index contributed by atoms with van der Waals surface area (Å²) < 4.78 is 13.8. The molecule has 2 rings (SSSR count). The summed E-state index contributed by atoms with van der Waals surface area (Å²) in [5.41, 5.74) is 0.421. The van der Waals surface area contributed by atoms with Crippen molar-refractivity contribution in [2.24, 2.45) is 0 Å². The number of benzene rings is 1. The average molecular weight is 279 g/mol. The fourth-order valence-electron chi connectivity index (χ4n) is 2.36. The molecule has 2 N–H and O–H groups in total. The van der Waals surface area contributed by atoms with E-state index in [-0.39, 0.29) is 11.6 Å². The molecule has 0 aromatic heterocycles. The van der Waals surface area contributed by atoms with Crippen molar-refractivity contribution in [3.8, 4) is 0 Å². The first-order chi connectivity index (χ1) is 9.41. The van der Waals surface area contributed by atoms with Crippen molar-refractivity contribution in [1.82, 2.24) is 10.2 Å². The number of rotatable bonds is 3. The van der Waals surface area contributed by atoms with Crippen LogP contribution in [-0.2, 0) is 4.79 Å². The molecule has 5 heteroatoms. The molecule has 1 heterocycles. The summed E-state index contributed by atoms with van der Waals surface area (Å²) >= 11 is 0. The monoisotopic (exact) mass is 279 g/mol. The molecule has 0 atom stereocenters. The van der Waals surface area contributed by atoms with Crippen molar-refractivity contribution < 1.29 is 9.18 Å². The van der Waals surface area contributed by atoms with Crippen LogP contribution in [0.4, 0.5) is 10.1 Å². The smallest absolute Gasteiger partial charge is 0.244 e. The summed E-state index contributed by atoms with van der Waals surface area (Å²) in [6.07, 6.45) is 0. The van der Waals surface area contributed by atoms with Gasteiger partial charge in [0, 0.05) is 26.2 Å². The maximum Gasteiger partial charge on any atom is 0.244 e. The number of anilines is 1. The van der Waals surface area contributed by atoms with Crippen LogP contribution < -0.4 is 10.6 Å². The van der Waals surface area contributed by atoms with Crippen molar-refractivity contribution in [2.45, 2.75) is 26.3 Å². The van der Waals surface area contributed by atoms with Crippen molar-refractivity contribution in [3.05, 3.63) is 29.6 Å². The van der Waals surface area contributed by atoms with E-state index < -0.39 is 11.4 Å². The van der Waals surface area contributed by atoms with E-state index in [0.29, 0.717) is 0 Å². The molecule has 0 unspecified atom stereocenters. The molecule has 0 saturated carbocycles. The first kappa shape index (κ1) is 14.9. The number of carbonyl (C=O) groups excluding carboxylic acids is 1. The Kier molecular flexibility index (Phi) is 4.40. The first-order valence-corrected chi connectivity index (χ1v) is 6.94. The largest absolute Gasteiger partial charge is 0.322 e. The van der Waals surface area contributed by atoms with Crippen molar-refractivity contribution in [3.63, 3.8) is 0 Å². The number of nitrogens with one attached hydrogen (secondary N) is 2. The summed E-state index contributed by atoms with van der Waals surface area (Å²) in [5.74, 6) is -0.573. The predicted molar refractivity (Wildman–Crippen MR) is 78.3 cm³/mol. The third kappa shape index (κ3) is 3.16. The Balaban J connectivity index is 2.09. The lowest BCUT2D eigenvalue weighted by Crippen LogP contribution is -2.58. The zero-order chi connectivity index (χ0) is 14.8. The van der Waals surface area contributed by atoms with Crippen molar-refractivity contribution in [1.29, 1.82) is 0 Å². The molecule has 0 aliphatic carbocycles. The Morgan fingerprint density at radius 2 is 2.00 bits per heavy atom. The van der Waals surface area contributed by atoms with Crippen LogP contribution in [0.15, 0.2) is 18.2 Å². The highest BCUT2D eigenvalue weighted by molar-refractivity contribution is 5.97. The van der Waals surface area contributed by atoms with E-state index in [1.54, 1.807) is 12.1 Å². The Hall–Kier alpha value is -1.46. The minimum absolute atomic E-state index is 0.179. The topological polar surface area (TPSA) is 44.4 Å². The van der Waals surface area contributed by atoms with Gasteiger partial charge in [-0.1, -0.05) is 6.07 Å². The molecule has 0 bridgehead atoms. The van der Waals surface area contributed by atoms with E-state index in [4.69, 9.17) is 0 Å². The number of hydrogen-bond donors (Lipinski definition) is 2. The van der Waals surface area contributed by atoms with Gasteiger partial charge in [-0.05, 0) is 38.5 Å². The lowest BCUT2D eigenvalue weighted by molar-refractivity contribution is -0.126. The van der Waals surface area contributed by atoms with Crippen LogP contribution in [0.5, 0.6) is 0 Å². The summed E-state index contributed by atoms with van der Waals surface area (Å²) in [4.78, 5) is 14.5. The van der Waals surface area contributed by atoms with Gasteiger partial charge in [-0.25, -0.2) is 4.39 Å². The molecule has 1 aromatic rings. The first-order valence-electron chi connectivity index (χ1n) is 6.94. The second-order valence-corrected chi connectivity index (χ2v) is 5.73. The number of nitrogens with zero attached hydrogens (tertiary/aromatic N) is 1. The van der Waals surface area contributed by atoms with Crippen molar-refractivity contribution >= 4 is 11.6 Å². The van der Waals surface area contributed by atoms with Gasteiger partial charge in [0.05, 0.1) is 11.2 Å². The molecule has 1 aromatic carbocycles.